The Hall–Kier alpha value is -2.42. The van der Waals surface area contributed by atoms with E-state index >= 15 is 0 Å². The molecular formula is C15H15F3N4O2. The number of nitrogens with one attached hydrogen (secondary N) is 1. The molecule has 0 aromatic carbocycles. The fourth-order valence-corrected chi connectivity index (χ4v) is 2.54. The third-order valence-corrected chi connectivity index (χ3v) is 3.68. The van der Waals surface area contributed by atoms with Gasteiger partial charge in [0.15, 0.2) is 0 Å². The van der Waals surface area contributed by atoms with Crippen LogP contribution in [0.4, 0.5) is 19.0 Å². The number of rotatable bonds is 2. The fourth-order valence-electron chi connectivity index (χ4n) is 2.54. The van der Waals surface area contributed by atoms with Crippen LogP contribution < -0.4 is 10.5 Å². The highest BCUT2D eigenvalue weighted by Gasteiger charge is 2.31. The number of hydrogen-bond acceptors (Lipinski definition) is 5. The van der Waals surface area contributed by atoms with Crippen LogP contribution in [0.2, 0.25) is 0 Å². The molecule has 0 saturated carbocycles. The largest absolute Gasteiger partial charge is 0.417 e. The van der Waals surface area contributed by atoms with Gasteiger partial charge in [-0.2, -0.15) is 13.2 Å². The van der Waals surface area contributed by atoms with E-state index in [2.05, 4.69) is 15.0 Å². The smallest absolute Gasteiger partial charge is 0.368 e. The molecule has 3 rings (SSSR count). The van der Waals surface area contributed by atoms with Crippen LogP contribution in [0.1, 0.15) is 23.2 Å². The maximum Gasteiger partial charge on any atom is 0.417 e. The molecule has 0 unspecified atom stereocenters. The van der Waals surface area contributed by atoms with Gasteiger partial charge >= 0.3 is 6.18 Å². The summed E-state index contributed by atoms with van der Waals surface area (Å²) in [6.45, 7) is 2.88. The third kappa shape index (κ3) is 3.56. The number of nitrogens with zero attached hydrogens (tertiary/aromatic N) is 3. The molecule has 9 heteroatoms. The minimum Gasteiger partial charge on any atom is -0.368 e. The number of aryl methyl sites for hydroxylation is 1. The van der Waals surface area contributed by atoms with Gasteiger partial charge in [-0.15, -0.1) is 0 Å². The van der Waals surface area contributed by atoms with Gasteiger partial charge in [0.25, 0.3) is 5.56 Å². The Bertz CT molecular complexity index is 774. The van der Waals surface area contributed by atoms with E-state index in [0.717, 1.165) is 12.3 Å². The van der Waals surface area contributed by atoms with Gasteiger partial charge in [0.05, 0.1) is 24.4 Å². The molecule has 0 bridgehead atoms. The van der Waals surface area contributed by atoms with Crippen LogP contribution in [0.3, 0.4) is 0 Å². The summed E-state index contributed by atoms with van der Waals surface area (Å²) in [5.41, 5.74) is -0.568. The first kappa shape index (κ1) is 16.4. The average molecular weight is 340 g/mol. The van der Waals surface area contributed by atoms with Crippen LogP contribution in [0.15, 0.2) is 29.2 Å². The minimum absolute atomic E-state index is 0.272. The number of aromatic nitrogens is 3. The number of hydrogen-bond donors (Lipinski definition) is 1. The molecular weight excluding hydrogens is 325 g/mol. The molecule has 1 fully saturated rings. The van der Waals surface area contributed by atoms with Crippen molar-refractivity contribution in [3.63, 3.8) is 0 Å². The second-order valence-electron chi connectivity index (χ2n) is 5.46. The lowest BCUT2D eigenvalue weighted by molar-refractivity contribution is -0.137. The maximum absolute atomic E-state index is 12.6. The van der Waals surface area contributed by atoms with E-state index < -0.39 is 17.8 Å². The van der Waals surface area contributed by atoms with Crippen LogP contribution in [-0.4, -0.2) is 34.6 Å². The number of ether oxygens (including phenoxy) is 1. The zero-order valence-electron chi connectivity index (χ0n) is 12.8. The lowest BCUT2D eigenvalue weighted by Gasteiger charge is -2.33. The van der Waals surface area contributed by atoms with E-state index in [1.54, 1.807) is 6.92 Å². The second-order valence-corrected chi connectivity index (χ2v) is 5.46. The molecule has 1 aliphatic heterocycles. The highest BCUT2D eigenvalue weighted by atomic mass is 19.4. The van der Waals surface area contributed by atoms with Crippen molar-refractivity contribution < 1.29 is 17.9 Å². The number of alkyl halides is 3. The molecule has 1 atom stereocenters. The Morgan fingerprint density at radius 1 is 1.38 bits per heavy atom. The summed E-state index contributed by atoms with van der Waals surface area (Å²) in [6, 6.07) is 3.70. The first-order chi connectivity index (χ1) is 11.3. The summed E-state index contributed by atoms with van der Waals surface area (Å²) in [5.74, 6) is 0.906. The van der Waals surface area contributed by atoms with E-state index in [-0.39, 0.29) is 5.56 Å². The SMILES string of the molecule is Cc1nc([C@H]2CN(c3ccc(C(F)(F)F)cn3)CCO2)cc(=O)[nH]1. The Morgan fingerprint density at radius 2 is 2.17 bits per heavy atom. The van der Waals surface area contributed by atoms with Crippen molar-refractivity contribution in [3.8, 4) is 0 Å². The van der Waals surface area contributed by atoms with Crippen LogP contribution in [-0.2, 0) is 10.9 Å². The summed E-state index contributed by atoms with van der Waals surface area (Å²) in [5, 5.41) is 0. The quantitative estimate of drug-likeness (QED) is 0.906. The Balaban J connectivity index is 1.79. The standard InChI is InChI=1S/C15H15F3N4O2/c1-9-20-11(6-14(23)21-9)12-8-22(4-5-24-12)13-3-2-10(7-19-13)15(16,17)18/h2-3,6-7,12H,4-5,8H2,1H3,(H,20,21,23)/t12-/m1/s1. The van der Waals surface area contributed by atoms with Gasteiger partial charge in [-0.05, 0) is 19.1 Å². The van der Waals surface area contributed by atoms with Gasteiger partial charge in [0.2, 0.25) is 0 Å². The summed E-state index contributed by atoms with van der Waals surface area (Å²) in [7, 11) is 0. The topological polar surface area (TPSA) is 71.1 Å². The number of H-pyrrole nitrogens is 1. The second kappa shape index (κ2) is 6.23. The molecule has 128 valence electrons. The van der Waals surface area contributed by atoms with Crippen molar-refractivity contribution in [1.82, 2.24) is 15.0 Å². The first-order valence-electron chi connectivity index (χ1n) is 7.30. The normalized spacial score (nSPS) is 18.7. The van der Waals surface area contributed by atoms with E-state index in [9.17, 15) is 18.0 Å². The molecule has 3 heterocycles. The van der Waals surface area contributed by atoms with Crippen molar-refractivity contribution >= 4 is 5.82 Å². The average Bonchev–Trinajstić information content (AvgIpc) is 2.53. The number of anilines is 1. The van der Waals surface area contributed by atoms with E-state index in [1.807, 2.05) is 4.90 Å². The molecule has 1 aliphatic rings. The third-order valence-electron chi connectivity index (χ3n) is 3.68. The zero-order valence-corrected chi connectivity index (χ0v) is 12.8. The van der Waals surface area contributed by atoms with Gasteiger partial charge in [-0.25, -0.2) is 9.97 Å². The number of pyridine rings is 1. The Kier molecular flexibility index (Phi) is 4.27. The summed E-state index contributed by atoms with van der Waals surface area (Å²) < 4.78 is 43.5. The van der Waals surface area contributed by atoms with Gasteiger partial charge in [-0.1, -0.05) is 0 Å². The molecule has 6 nitrogen and oxygen atoms in total. The highest BCUT2D eigenvalue weighted by Crippen LogP contribution is 2.30. The molecule has 1 saturated heterocycles. The zero-order chi connectivity index (χ0) is 17.3. The fraction of sp³-hybridized carbons (Fsp3) is 0.400. The van der Waals surface area contributed by atoms with Crippen LogP contribution in [0.25, 0.3) is 0 Å². The molecule has 2 aromatic heterocycles. The van der Waals surface area contributed by atoms with Crippen LogP contribution >= 0.6 is 0 Å². The lowest BCUT2D eigenvalue weighted by Crippen LogP contribution is -2.39. The predicted molar refractivity (Wildman–Crippen MR) is 79.7 cm³/mol. The summed E-state index contributed by atoms with van der Waals surface area (Å²) in [6.07, 6.45) is -4.04. The van der Waals surface area contributed by atoms with Crippen molar-refractivity contribution in [1.29, 1.82) is 0 Å². The molecule has 0 amide bonds. The monoisotopic (exact) mass is 340 g/mol. The Labute approximate surface area is 135 Å². The van der Waals surface area contributed by atoms with Gasteiger partial charge in [0.1, 0.15) is 17.7 Å². The van der Waals surface area contributed by atoms with Crippen LogP contribution in [0.5, 0.6) is 0 Å². The van der Waals surface area contributed by atoms with Gasteiger partial charge in [0, 0.05) is 18.8 Å². The van der Waals surface area contributed by atoms with E-state index in [0.29, 0.717) is 37.0 Å². The van der Waals surface area contributed by atoms with E-state index in [4.69, 9.17) is 4.74 Å². The van der Waals surface area contributed by atoms with Crippen molar-refractivity contribution in [2.24, 2.45) is 0 Å². The Morgan fingerprint density at radius 3 is 2.79 bits per heavy atom. The molecule has 1 N–H and O–H groups in total. The number of morpholine rings is 1. The first-order valence-corrected chi connectivity index (χ1v) is 7.30. The highest BCUT2D eigenvalue weighted by molar-refractivity contribution is 5.40. The lowest BCUT2D eigenvalue weighted by atomic mass is 10.2. The maximum atomic E-state index is 12.6. The molecule has 0 radical (unpaired) electrons. The summed E-state index contributed by atoms with van der Waals surface area (Å²) in [4.78, 5) is 24.1. The minimum atomic E-state index is -4.41. The summed E-state index contributed by atoms with van der Waals surface area (Å²) >= 11 is 0. The molecule has 0 spiro atoms. The predicted octanol–water partition coefficient (Wildman–Crippen LogP) is 2.07. The number of aromatic amines is 1. The number of halogens is 3. The molecule has 2 aromatic rings. The van der Waals surface area contributed by atoms with Gasteiger partial charge in [-0.3, -0.25) is 4.79 Å². The van der Waals surface area contributed by atoms with E-state index in [1.165, 1.54) is 12.1 Å². The van der Waals surface area contributed by atoms with Crippen molar-refractivity contribution in [2.45, 2.75) is 19.2 Å². The molecule has 0 aliphatic carbocycles. The van der Waals surface area contributed by atoms with Crippen molar-refractivity contribution in [3.05, 3.63) is 51.8 Å². The van der Waals surface area contributed by atoms with Crippen LogP contribution in [0, 0.1) is 6.92 Å². The van der Waals surface area contributed by atoms with Crippen molar-refractivity contribution in [2.75, 3.05) is 24.6 Å². The molecule has 24 heavy (non-hydrogen) atoms. The van der Waals surface area contributed by atoms with Gasteiger partial charge < -0.3 is 14.6 Å².